The molecule has 1 amide bonds. The van der Waals surface area contributed by atoms with E-state index in [-0.39, 0.29) is 47.7 Å². The van der Waals surface area contributed by atoms with Gasteiger partial charge in [-0.15, -0.1) is 24.0 Å². The number of piperidine rings is 1. The molecule has 0 aliphatic carbocycles. The van der Waals surface area contributed by atoms with Crippen LogP contribution >= 0.6 is 24.0 Å². The lowest BCUT2D eigenvalue weighted by Gasteiger charge is -2.34. The van der Waals surface area contributed by atoms with E-state index in [4.69, 9.17) is 4.74 Å². The number of ether oxygens (including phenoxy) is 1. The number of hydrogen-bond donors (Lipinski definition) is 2. The maximum absolute atomic E-state index is 13.6. The first-order valence-corrected chi connectivity index (χ1v) is 10.5. The van der Waals surface area contributed by atoms with E-state index in [1.807, 2.05) is 4.90 Å². The second-order valence-corrected chi connectivity index (χ2v) is 8.74. The number of carbonyl (C=O) groups excluding carboxylic acids is 1. The summed E-state index contributed by atoms with van der Waals surface area (Å²) in [7, 11) is 3.24. The zero-order chi connectivity index (χ0) is 23.2. The van der Waals surface area contributed by atoms with Gasteiger partial charge in [-0.2, -0.15) is 13.2 Å². The van der Waals surface area contributed by atoms with E-state index in [2.05, 4.69) is 15.6 Å². The van der Waals surface area contributed by atoms with Gasteiger partial charge in [0.25, 0.3) is 0 Å². The Labute approximate surface area is 205 Å². The summed E-state index contributed by atoms with van der Waals surface area (Å²) in [6.45, 7) is 6.76. The third-order valence-corrected chi connectivity index (χ3v) is 5.13. The van der Waals surface area contributed by atoms with E-state index < -0.39 is 17.3 Å². The Morgan fingerprint density at radius 2 is 1.84 bits per heavy atom. The number of nitrogens with zero attached hydrogens (tertiary/aromatic N) is 2. The standard InChI is InChI=1S/C22H33F3N4O2.HI/c1-21(2,3)31-17-7-6-16(18(13-17)22(23,24)25)14-28-20(27-5)29-10-8-15(9-11-29)12-19(30)26-4;/h6-7,13,15H,8-12,14H2,1-5H3,(H,26,30)(H,27,28);1H. The Morgan fingerprint density at radius 1 is 1.22 bits per heavy atom. The van der Waals surface area contributed by atoms with Crippen molar-refractivity contribution in [3.63, 3.8) is 0 Å². The molecule has 0 aromatic heterocycles. The van der Waals surface area contributed by atoms with Crippen molar-refractivity contribution in [2.45, 2.75) is 58.4 Å². The molecule has 32 heavy (non-hydrogen) atoms. The lowest BCUT2D eigenvalue weighted by molar-refractivity contribution is -0.138. The summed E-state index contributed by atoms with van der Waals surface area (Å²) in [6, 6.07) is 4.06. The maximum atomic E-state index is 13.6. The second-order valence-electron chi connectivity index (χ2n) is 8.74. The maximum Gasteiger partial charge on any atom is 0.416 e. The Hall–Kier alpha value is -1.72. The Bertz CT molecular complexity index is 786. The van der Waals surface area contributed by atoms with Crippen molar-refractivity contribution in [1.29, 1.82) is 0 Å². The Kier molecular flexibility index (Phi) is 10.6. The SMILES string of the molecule is CN=C(NCc1ccc(OC(C)(C)C)cc1C(F)(F)F)N1CCC(CC(=O)NC)CC1.I. The molecule has 0 spiro atoms. The van der Waals surface area contributed by atoms with E-state index in [9.17, 15) is 18.0 Å². The van der Waals surface area contributed by atoms with Crippen LogP contribution in [0.3, 0.4) is 0 Å². The van der Waals surface area contributed by atoms with Gasteiger partial charge < -0.3 is 20.3 Å². The summed E-state index contributed by atoms with van der Waals surface area (Å²) in [5.41, 5.74) is -1.18. The molecule has 0 unspecified atom stereocenters. The summed E-state index contributed by atoms with van der Waals surface area (Å²) in [4.78, 5) is 17.8. The molecule has 1 saturated heterocycles. The normalized spacial score (nSPS) is 15.8. The van der Waals surface area contributed by atoms with Crippen molar-refractivity contribution in [1.82, 2.24) is 15.5 Å². The van der Waals surface area contributed by atoms with Crippen molar-refractivity contribution in [3.8, 4) is 5.75 Å². The zero-order valence-electron chi connectivity index (χ0n) is 19.3. The molecule has 1 aromatic carbocycles. The number of benzene rings is 1. The van der Waals surface area contributed by atoms with Crippen LogP contribution in [-0.4, -0.2) is 49.6 Å². The lowest BCUT2D eigenvalue weighted by atomic mass is 9.93. The molecular formula is C22H34F3IN4O2. The largest absolute Gasteiger partial charge is 0.488 e. The van der Waals surface area contributed by atoms with Gasteiger partial charge in [0, 0.05) is 40.2 Å². The van der Waals surface area contributed by atoms with Crippen LogP contribution in [0.25, 0.3) is 0 Å². The van der Waals surface area contributed by atoms with Crippen LogP contribution in [0, 0.1) is 5.92 Å². The van der Waals surface area contributed by atoms with E-state index >= 15 is 0 Å². The predicted octanol–water partition coefficient (Wildman–Crippen LogP) is 4.42. The highest BCUT2D eigenvalue weighted by Gasteiger charge is 2.34. The minimum absolute atomic E-state index is 0. The lowest BCUT2D eigenvalue weighted by Crippen LogP contribution is -2.45. The molecule has 0 bridgehead atoms. The average Bonchev–Trinajstić information content (AvgIpc) is 2.68. The van der Waals surface area contributed by atoms with Gasteiger partial charge >= 0.3 is 6.18 Å². The highest BCUT2D eigenvalue weighted by Crippen LogP contribution is 2.35. The van der Waals surface area contributed by atoms with Crippen LogP contribution in [0.5, 0.6) is 5.75 Å². The number of amides is 1. The molecule has 1 aliphatic rings. The molecule has 0 radical (unpaired) electrons. The zero-order valence-corrected chi connectivity index (χ0v) is 21.6. The van der Waals surface area contributed by atoms with Crippen molar-refractivity contribution in [2.75, 3.05) is 27.2 Å². The average molecular weight is 570 g/mol. The molecule has 6 nitrogen and oxygen atoms in total. The van der Waals surface area contributed by atoms with E-state index in [0.29, 0.717) is 31.4 Å². The number of rotatable bonds is 5. The molecule has 2 rings (SSSR count). The monoisotopic (exact) mass is 570 g/mol. The highest BCUT2D eigenvalue weighted by atomic mass is 127. The third-order valence-electron chi connectivity index (χ3n) is 5.13. The van der Waals surface area contributed by atoms with Gasteiger partial charge in [-0.25, -0.2) is 0 Å². The second kappa shape index (κ2) is 11.9. The van der Waals surface area contributed by atoms with Crippen molar-refractivity contribution < 1.29 is 22.7 Å². The fraction of sp³-hybridized carbons (Fsp3) is 0.636. The molecule has 10 heteroatoms. The summed E-state index contributed by atoms with van der Waals surface area (Å²) < 4.78 is 46.5. The molecule has 1 heterocycles. The van der Waals surface area contributed by atoms with E-state index in [1.165, 1.54) is 6.07 Å². The summed E-state index contributed by atoms with van der Waals surface area (Å²) in [5, 5.41) is 5.70. The smallest absolute Gasteiger partial charge is 0.416 e. The fourth-order valence-electron chi connectivity index (χ4n) is 3.61. The van der Waals surface area contributed by atoms with E-state index in [0.717, 1.165) is 18.9 Å². The number of halogens is 4. The predicted molar refractivity (Wildman–Crippen MR) is 130 cm³/mol. The van der Waals surface area contributed by atoms with Crippen LogP contribution < -0.4 is 15.4 Å². The molecule has 1 fully saturated rings. The van der Waals surface area contributed by atoms with Crippen LogP contribution in [-0.2, 0) is 17.5 Å². The Morgan fingerprint density at radius 3 is 2.34 bits per heavy atom. The number of alkyl halides is 3. The van der Waals surface area contributed by atoms with Crippen molar-refractivity contribution in [3.05, 3.63) is 29.3 Å². The molecule has 0 saturated carbocycles. The van der Waals surface area contributed by atoms with Gasteiger partial charge in [0.2, 0.25) is 5.91 Å². The van der Waals surface area contributed by atoms with Crippen LogP contribution in [0.15, 0.2) is 23.2 Å². The van der Waals surface area contributed by atoms with Crippen LogP contribution in [0.4, 0.5) is 13.2 Å². The number of hydrogen-bond acceptors (Lipinski definition) is 3. The number of likely N-dealkylation sites (tertiary alicyclic amines) is 1. The molecular weight excluding hydrogens is 536 g/mol. The fourth-order valence-corrected chi connectivity index (χ4v) is 3.61. The highest BCUT2D eigenvalue weighted by molar-refractivity contribution is 14.0. The van der Waals surface area contributed by atoms with Crippen molar-refractivity contribution in [2.24, 2.45) is 10.9 Å². The summed E-state index contributed by atoms with van der Waals surface area (Å²) >= 11 is 0. The van der Waals surface area contributed by atoms with Gasteiger partial charge in [-0.1, -0.05) is 6.07 Å². The first-order valence-electron chi connectivity index (χ1n) is 10.5. The molecule has 1 aliphatic heterocycles. The topological polar surface area (TPSA) is 66.0 Å². The number of guanidine groups is 1. The minimum atomic E-state index is -4.49. The number of carbonyl (C=O) groups is 1. The van der Waals surface area contributed by atoms with Crippen LogP contribution in [0.2, 0.25) is 0 Å². The first-order chi connectivity index (χ1) is 14.4. The van der Waals surface area contributed by atoms with Gasteiger partial charge in [0.05, 0.1) is 5.56 Å². The van der Waals surface area contributed by atoms with Gasteiger partial charge in [0.1, 0.15) is 11.4 Å². The quantitative estimate of drug-likeness (QED) is 0.313. The molecule has 0 atom stereocenters. The summed E-state index contributed by atoms with van der Waals surface area (Å²) in [6.07, 6.45) is -2.33. The number of nitrogens with one attached hydrogen (secondary N) is 2. The third kappa shape index (κ3) is 8.67. The van der Waals surface area contributed by atoms with Gasteiger partial charge in [-0.05, 0) is 57.2 Å². The van der Waals surface area contributed by atoms with Crippen molar-refractivity contribution >= 4 is 35.8 Å². The van der Waals surface area contributed by atoms with Gasteiger partial charge in [-0.3, -0.25) is 9.79 Å². The van der Waals surface area contributed by atoms with Crippen LogP contribution in [0.1, 0.15) is 51.2 Å². The molecule has 2 N–H and O–H groups in total. The van der Waals surface area contributed by atoms with E-state index in [1.54, 1.807) is 40.9 Å². The molecule has 1 aromatic rings. The number of aliphatic imine (C=N–C) groups is 1. The van der Waals surface area contributed by atoms with Gasteiger partial charge in [0.15, 0.2) is 5.96 Å². The molecule has 182 valence electrons. The Balaban J connectivity index is 0.00000512. The summed E-state index contributed by atoms with van der Waals surface area (Å²) in [5.74, 6) is 1.08. The first kappa shape index (κ1) is 28.3. The minimum Gasteiger partial charge on any atom is -0.488 e.